The fourth-order valence-corrected chi connectivity index (χ4v) is 4.65. The molecule has 0 fully saturated rings. The van der Waals surface area contributed by atoms with Gasteiger partial charge in [-0.1, -0.05) is 72.8 Å². The fourth-order valence-electron chi connectivity index (χ4n) is 4.65. The topological polar surface area (TPSA) is 38.3 Å². The summed E-state index contributed by atoms with van der Waals surface area (Å²) in [5.41, 5.74) is 6.02. The standard InChI is InChI=1S/C28H25NO2/c1-31-23-15-10-19(11-16-23)18-26(30)29-28(22-6-3-2-4-7-22)25-17-14-21-13-12-20-8-5-9-24(25)27(20)21/h2-11,14-17,28H,12-13,18H2,1H3,(H,29,30)/t28-/m1/s1. The maximum absolute atomic E-state index is 13.1. The molecule has 0 aromatic heterocycles. The van der Waals surface area contributed by atoms with Gasteiger partial charge < -0.3 is 10.1 Å². The largest absolute Gasteiger partial charge is 0.497 e. The van der Waals surface area contributed by atoms with Gasteiger partial charge in [0.15, 0.2) is 0 Å². The molecule has 0 radical (unpaired) electrons. The molecule has 3 heteroatoms. The van der Waals surface area contributed by atoms with Crippen molar-refractivity contribution in [3.8, 4) is 5.75 Å². The highest BCUT2D eigenvalue weighted by molar-refractivity contribution is 5.94. The summed E-state index contributed by atoms with van der Waals surface area (Å²) in [5.74, 6) is 0.793. The lowest BCUT2D eigenvalue weighted by Gasteiger charge is -2.22. The Balaban J connectivity index is 1.50. The number of ether oxygens (including phenoxy) is 1. The Kier molecular flexibility index (Phi) is 5.17. The van der Waals surface area contributed by atoms with Gasteiger partial charge >= 0.3 is 0 Å². The molecule has 1 amide bonds. The van der Waals surface area contributed by atoms with Crippen LogP contribution >= 0.6 is 0 Å². The van der Waals surface area contributed by atoms with E-state index in [0.717, 1.165) is 35.3 Å². The van der Waals surface area contributed by atoms with Gasteiger partial charge in [-0.3, -0.25) is 4.79 Å². The monoisotopic (exact) mass is 407 g/mol. The molecule has 0 unspecified atom stereocenters. The summed E-state index contributed by atoms with van der Waals surface area (Å²) in [6.07, 6.45) is 2.51. The third-order valence-electron chi connectivity index (χ3n) is 6.18. The van der Waals surface area contributed by atoms with Crippen molar-refractivity contribution in [2.24, 2.45) is 0 Å². The molecule has 0 saturated heterocycles. The number of aryl methyl sites for hydroxylation is 2. The first-order chi connectivity index (χ1) is 15.2. The zero-order valence-electron chi connectivity index (χ0n) is 17.6. The molecule has 0 saturated carbocycles. The molecule has 4 aromatic carbocycles. The maximum Gasteiger partial charge on any atom is 0.225 e. The van der Waals surface area contributed by atoms with Crippen LogP contribution in [-0.4, -0.2) is 13.0 Å². The fraction of sp³-hybridized carbons (Fsp3) is 0.179. The van der Waals surface area contributed by atoms with Crippen LogP contribution in [0.5, 0.6) is 5.75 Å². The van der Waals surface area contributed by atoms with E-state index in [1.54, 1.807) is 7.11 Å². The molecular formula is C28H25NO2. The highest BCUT2D eigenvalue weighted by Crippen LogP contribution is 2.36. The highest BCUT2D eigenvalue weighted by atomic mass is 16.5. The lowest BCUT2D eigenvalue weighted by Crippen LogP contribution is -2.30. The average molecular weight is 408 g/mol. The van der Waals surface area contributed by atoms with Gasteiger partial charge in [0.25, 0.3) is 0 Å². The Hall–Kier alpha value is -3.59. The minimum atomic E-state index is -0.197. The third kappa shape index (κ3) is 3.79. The highest BCUT2D eigenvalue weighted by Gasteiger charge is 2.22. The van der Waals surface area contributed by atoms with Crippen LogP contribution in [0.1, 0.15) is 33.9 Å². The molecule has 1 aliphatic carbocycles. The van der Waals surface area contributed by atoms with Gasteiger partial charge in [0.2, 0.25) is 5.91 Å². The molecule has 0 heterocycles. The second kappa shape index (κ2) is 8.27. The van der Waals surface area contributed by atoms with Crippen molar-refractivity contribution >= 4 is 16.7 Å². The van der Waals surface area contributed by atoms with Crippen molar-refractivity contribution in [2.75, 3.05) is 7.11 Å². The summed E-state index contributed by atoms with van der Waals surface area (Å²) >= 11 is 0. The molecule has 0 spiro atoms. The van der Waals surface area contributed by atoms with Crippen molar-refractivity contribution < 1.29 is 9.53 Å². The summed E-state index contributed by atoms with van der Waals surface area (Å²) in [7, 11) is 1.64. The van der Waals surface area contributed by atoms with Crippen LogP contribution in [0.2, 0.25) is 0 Å². The van der Waals surface area contributed by atoms with E-state index in [1.165, 1.54) is 21.9 Å². The van der Waals surface area contributed by atoms with Crippen molar-refractivity contribution in [3.63, 3.8) is 0 Å². The van der Waals surface area contributed by atoms with E-state index in [4.69, 9.17) is 4.74 Å². The quantitative estimate of drug-likeness (QED) is 0.465. The van der Waals surface area contributed by atoms with Crippen LogP contribution in [0.4, 0.5) is 0 Å². The molecule has 4 aromatic rings. The van der Waals surface area contributed by atoms with E-state index in [2.05, 4.69) is 47.8 Å². The summed E-state index contributed by atoms with van der Waals surface area (Å²) in [6, 6.07) is 28.7. The number of nitrogens with one attached hydrogen (secondary N) is 1. The number of hydrogen-bond acceptors (Lipinski definition) is 2. The number of methoxy groups -OCH3 is 1. The minimum Gasteiger partial charge on any atom is -0.497 e. The Morgan fingerprint density at radius 1 is 0.871 bits per heavy atom. The average Bonchev–Trinajstić information content (AvgIpc) is 3.24. The van der Waals surface area contributed by atoms with Gasteiger partial charge in [-0.25, -0.2) is 0 Å². The predicted octanol–water partition coefficient (Wildman–Crippen LogP) is 5.40. The van der Waals surface area contributed by atoms with E-state index in [0.29, 0.717) is 6.42 Å². The Morgan fingerprint density at radius 3 is 2.35 bits per heavy atom. The van der Waals surface area contributed by atoms with Crippen LogP contribution in [0.15, 0.2) is 84.9 Å². The molecule has 0 aliphatic heterocycles. The van der Waals surface area contributed by atoms with Crippen molar-refractivity contribution in [3.05, 3.63) is 113 Å². The van der Waals surface area contributed by atoms with Crippen molar-refractivity contribution in [1.82, 2.24) is 5.32 Å². The second-order valence-electron chi connectivity index (χ2n) is 8.09. The zero-order valence-corrected chi connectivity index (χ0v) is 17.6. The summed E-state index contributed by atoms with van der Waals surface area (Å²) in [5, 5.41) is 5.92. The molecule has 1 N–H and O–H groups in total. The van der Waals surface area contributed by atoms with Crippen LogP contribution in [0.3, 0.4) is 0 Å². The second-order valence-corrected chi connectivity index (χ2v) is 8.09. The number of benzene rings is 4. The number of amides is 1. The van der Waals surface area contributed by atoms with Crippen molar-refractivity contribution in [1.29, 1.82) is 0 Å². The minimum absolute atomic E-state index is 0.00210. The van der Waals surface area contributed by atoms with Gasteiger partial charge in [0, 0.05) is 0 Å². The normalized spacial score (nSPS) is 13.2. The van der Waals surface area contributed by atoms with E-state index in [9.17, 15) is 4.79 Å². The number of rotatable bonds is 6. The van der Waals surface area contributed by atoms with Gasteiger partial charge in [0.1, 0.15) is 5.75 Å². The Morgan fingerprint density at radius 2 is 1.61 bits per heavy atom. The maximum atomic E-state index is 13.1. The van der Waals surface area contributed by atoms with Gasteiger partial charge in [-0.05, 0) is 63.6 Å². The van der Waals surface area contributed by atoms with Crippen molar-refractivity contribution in [2.45, 2.75) is 25.3 Å². The van der Waals surface area contributed by atoms with Crippen LogP contribution in [-0.2, 0) is 24.1 Å². The molecule has 1 aliphatic rings. The number of carbonyl (C=O) groups is 1. The van der Waals surface area contributed by atoms with Gasteiger partial charge in [-0.15, -0.1) is 0 Å². The molecule has 3 nitrogen and oxygen atoms in total. The lowest BCUT2D eigenvalue weighted by atomic mass is 9.91. The summed E-state index contributed by atoms with van der Waals surface area (Å²) < 4.78 is 5.22. The summed E-state index contributed by atoms with van der Waals surface area (Å²) in [6.45, 7) is 0. The molecule has 5 rings (SSSR count). The first-order valence-electron chi connectivity index (χ1n) is 10.7. The Bertz CT molecular complexity index is 1220. The smallest absolute Gasteiger partial charge is 0.225 e. The SMILES string of the molecule is COc1ccc(CC(=O)N[C@H](c2ccccc2)c2ccc3c4c(cccc24)CC3)cc1. The molecule has 31 heavy (non-hydrogen) atoms. The molecule has 1 atom stereocenters. The van der Waals surface area contributed by atoms with E-state index in [-0.39, 0.29) is 11.9 Å². The first kappa shape index (κ1) is 19.4. The van der Waals surface area contributed by atoms with E-state index >= 15 is 0 Å². The van der Waals surface area contributed by atoms with Crippen LogP contribution < -0.4 is 10.1 Å². The zero-order chi connectivity index (χ0) is 21.2. The number of carbonyl (C=O) groups excluding carboxylic acids is 1. The Labute approximate surface area is 182 Å². The van der Waals surface area contributed by atoms with Crippen LogP contribution in [0.25, 0.3) is 10.8 Å². The van der Waals surface area contributed by atoms with E-state index < -0.39 is 0 Å². The third-order valence-corrected chi connectivity index (χ3v) is 6.18. The van der Waals surface area contributed by atoms with Gasteiger partial charge in [0.05, 0.1) is 19.6 Å². The molecular weight excluding hydrogens is 382 g/mol. The first-order valence-corrected chi connectivity index (χ1v) is 10.7. The van der Waals surface area contributed by atoms with Gasteiger partial charge in [-0.2, -0.15) is 0 Å². The molecule has 0 bridgehead atoms. The predicted molar refractivity (Wildman–Crippen MR) is 124 cm³/mol. The van der Waals surface area contributed by atoms with E-state index in [1.807, 2.05) is 42.5 Å². The molecule has 154 valence electrons. The summed E-state index contributed by atoms with van der Waals surface area (Å²) in [4.78, 5) is 13.1. The number of hydrogen-bond donors (Lipinski definition) is 1. The van der Waals surface area contributed by atoms with Crippen LogP contribution in [0, 0.1) is 0 Å². The lowest BCUT2D eigenvalue weighted by molar-refractivity contribution is -0.120.